The number of hydrogen-bond acceptors (Lipinski definition) is 18. The second kappa shape index (κ2) is 13.7. The van der Waals surface area contributed by atoms with E-state index in [0.717, 1.165) is 0 Å². The number of hydrogen-bond donors (Lipinski definition) is 15. The van der Waals surface area contributed by atoms with Crippen LogP contribution in [0.5, 0.6) is 0 Å². The van der Waals surface area contributed by atoms with Gasteiger partial charge in [-0.3, -0.25) is 19.3 Å². The molecule has 10 atom stereocenters. The topological polar surface area (TPSA) is 359 Å². The van der Waals surface area contributed by atoms with E-state index < -0.39 is 165 Å². The number of ether oxygens (including phenoxy) is 1. The molecule has 4 aliphatic rings. The van der Waals surface area contributed by atoms with Gasteiger partial charge in [0, 0.05) is 38.5 Å². The van der Waals surface area contributed by atoms with Gasteiger partial charge < -0.3 is 81.5 Å². The number of aliphatic hydroxyl groups is 14. The van der Waals surface area contributed by atoms with Gasteiger partial charge in [-0.2, -0.15) is 0 Å². The highest BCUT2D eigenvalue weighted by Gasteiger charge is 2.59. The van der Waals surface area contributed by atoms with Crippen molar-refractivity contribution in [2.24, 2.45) is 0 Å². The predicted octanol–water partition coefficient (Wildman–Crippen LogP) is -8.88. The minimum atomic E-state index is -2.87. The number of carbonyl (C=O) groups excluding carboxylic acids is 3. The highest BCUT2D eigenvalue weighted by Crippen LogP contribution is 2.38. The van der Waals surface area contributed by atoms with Gasteiger partial charge in [-0.05, 0) is 6.42 Å². The van der Waals surface area contributed by atoms with Gasteiger partial charge in [-0.15, -0.1) is 0 Å². The molecule has 0 bridgehead atoms. The molecule has 4 rings (SSSR count). The van der Waals surface area contributed by atoms with Crippen LogP contribution in [0, 0.1) is 0 Å². The Labute approximate surface area is 266 Å². The lowest BCUT2D eigenvalue weighted by molar-refractivity contribution is -0.223. The lowest BCUT2D eigenvalue weighted by Gasteiger charge is -2.50. The molecule has 270 valence electrons. The molecule has 47 heavy (non-hydrogen) atoms. The summed E-state index contributed by atoms with van der Waals surface area (Å²) in [4.78, 5) is 42.0. The number of amides is 3. The fourth-order valence-electron chi connectivity index (χ4n) is 6.98. The molecule has 20 nitrogen and oxygen atoms in total. The molecule has 15 N–H and O–H groups in total. The highest BCUT2D eigenvalue weighted by molar-refractivity contribution is 6.03. The molecule has 3 aliphatic carbocycles. The second-order valence-corrected chi connectivity index (χ2v) is 13.3. The molecule has 4 unspecified atom stereocenters. The molecule has 0 aromatic carbocycles. The summed E-state index contributed by atoms with van der Waals surface area (Å²) < 4.78 is 5.28. The van der Waals surface area contributed by atoms with Crippen molar-refractivity contribution in [1.29, 1.82) is 0 Å². The van der Waals surface area contributed by atoms with E-state index in [9.17, 15) is 85.9 Å². The first-order valence-electron chi connectivity index (χ1n) is 15.1. The molecule has 0 radical (unpaired) electrons. The van der Waals surface area contributed by atoms with Gasteiger partial charge >= 0.3 is 0 Å². The van der Waals surface area contributed by atoms with Crippen molar-refractivity contribution >= 4 is 17.7 Å². The molecular weight excluding hydrogens is 640 g/mol. The minimum Gasteiger partial charge on any atom is -0.394 e. The first kappa shape index (κ1) is 37.8. The van der Waals surface area contributed by atoms with Gasteiger partial charge in [0.2, 0.25) is 0 Å². The zero-order valence-electron chi connectivity index (χ0n) is 25.0. The Morgan fingerprint density at radius 1 is 0.617 bits per heavy atom. The lowest BCUT2D eigenvalue weighted by Crippen LogP contribution is -2.72. The average molecular weight is 685 g/mol. The van der Waals surface area contributed by atoms with Crippen molar-refractivity contribution in [3.05, 3.63) is 0 Å². The summed E-state index contributed by atoms with van der Waals surface area (Å²) in [5.41, 5.74) is -8.34. The zero-order valence-corrected chi connectivity index (χ0v) is 25.0. The van der Waals surface area contributed by atoms with Crippen molar-refractivity contribution in [2.45, 2.75) is 141 Å². The van der Waals surface area contributed by atoms with Crippen molar-refractivity contribution in [3.63, 3.8) is 0 Å². The molecule has 3 saturated carbocycles. The summed E-state index contributed by atoms with van der Waals surface area (Å²) in [5, 5.41) is 148. The van der Waals surface area contributed by atoms with Crippen LogP contribution in [-0.2, 0) is 19.1 Å². The molecule has 1 heterocycles. The Morgan fingerprint density at radius 3 is 1.30 bits per heavy atom. The van der Waals surface area contributed by atoms with Gasteiger partial charge in [0.25, 0.3) is 17.7 Å². The van der Waals surface area contributed by atoms with Gasteiger partial charge in [0.1, 0.15) is 41.2 Å². The fraction of sp³-hybridized carbons (Fsp3) is 0.889. The second-order valence-electron chi connectivity index (χ2n) is 13.3. The van der Waals surface area contributed by atoms with Crippen LogP contribution >= 0.6 is 0 Å². The third-order valence-corrected chi connectivity index (χ3v) is 9.69. The smallest absolute Gasteiger partial charge is 0.261 e. The third-order valence-electron chi connectivity index (χ3n) is 9.69. The summed E-state index contributed by atoms with van der Waals surface area (Å²) in [7, 11) is 0. The highest BCUT2D eigenvalue weighted by atomic mass is 16.6. The molecule has 0 spiro atoms. The molecule has 20 heteroatoms. The van der Waals surface area contributed by atoms with Crippen molar-refractivity contribution in [1.82, 2.24) is 10.2 Å². The number of carbonyl (C=O) groups is 3. The monoisotopic (exact) mass is 684 g/mol. The van der Waals surface area contributed by atoms with E-state index >= 15 is 0 Å². The van der Waals surface area contributed by atoms with Gasteiger partial charge in [-0.25, -0.2) is 0 Å². The average Bonchev–Trinajstić information content (AvgIpc) is 2.98. The SMILES string of the molecule is O=C(NC1C(O)OC(CO)CC1N(C(=O)C1(O)C[C@@H](O)C(O)[C@H](O)C1)C(=O)C1(O)C[C@@H](O)C(O)[C@H](O)C1)C1(O)C[C@@H](O)C(O)[C@H](O)C1. The standard InChI is InChI=1S/C27H44N2O18/c30-8-9-1-10(17(21(40)47-9)28-22(41)25(44)2-11(31)18(37)12(32)3-25)29(23(42)26(45)4-13(33)19(38)14(34)5-26)24(43)27(46)6-15(35)20(39)16(36)7-27/h9-21,30-40,44-46H,1-8H2,(H,28,41)/t9?,10?,11-,12-,13-,14-,15-,16-,17?,18?,19?,20?,21?,25?,26?,27?/m1/s1. The van der Waals surface area contributed by atoms with Gasteiger partial charge in [-0.1, -0.05) is 0 Å². The summed E-state index contributed by atoms with van der Waals surface area (Å²) in [6.45, 7) is -0.855. The van der Waals surface area contributed by atoms with Gasteiger partial charge in [0.15, 0.2) is 6.29 Å². The summed E-state index contributed by atoms with van der Waals surface area (Å²) in [6, 6.07) is -3.88. The molecular formula is C27H44N2O18. The molecule has 1 saturated heterocycles. The Bertz CT molecular complexity index is 1090. The first-order valence-corrected chi connectivity index (χ1v) is 15.1. The summed E-state index contributed by atoms with van der Waals surface area (Å²) in [5.74, 6) is -4.72. The van der Waals surface area contributed by atoms with Crippen LogP contribution < -0.4 is 5.32 Å². The summed E-state index contributed by atoms with van der Waals surface area (Å²) in [6.07, 6.45) is -26.4. The Morgan fingerprint density at radius 2 is 0.957 bits per heavy atom. The van der Waals surface area contributed by atoms with Crippen molar-refractivity contribution in [2.75, 3.05) is 6.61 Å². The Hall–Kier alpha value is -1.99. The van der Waals surface area contributed by atoms with E-state index in [4.69, 9.17) is 4.74 Å². The van der Waals surface area contributed by atoms with E-state index in [2.05, 4.69) is 5.32 Å². The molecule has 3 amide bonds. The summed E-state index contributed by atoms with van der Waals surface area (Å²) >= 11 is 0. The fourth-order valence-corrected chi connectivity index (χ4v) is 6.98. The quantitative estimate of drug-likeness (QED) is 0.115. The predicted molar refractivity (Wildman–Crippen MR) is 147 cm³/mol. The van der Waals surface area contributed by atoms with Crippen LogP contribution in [0.3, 0.4) is 0 Å². The molecule has 0 aromatic rings. The zero-order chi connectivity index (χ0) is 35.4. The van der Waals surface area contributed by atoms with E-state index in [1.807, 2.05) is 0 Å². The van der Waals surface area contributed by atoms with Crippen molar-refractivity contribution < 1.29 is 90.6 Å². The van der Waals surface area contributed by atoms with Crippen LogP contribution in [0.25, 0.3) is 0 Å². The lowest BCUT2D eigenvalue weighted by atomic mass is 9.75. The largest absolute Gasteiger partial charge is 0.394 e. The van der Waals surface area contributed by atoms with Crippen LogP contribution in [0.2, 0.25) is 0 Å². The van der Waals surface area contributed by atoms with E-state index in [-0.39, 0.29) is 4.90 Å². The van der Waals surface area contributed by atoms with Crippen LogP contribution in [0.4, 0.5) is 0 Å². The normalized spacial score (nSPS) is 49.2. The maximum Gasteiger partial charge on any atom is 0.261 e. The maximum atomic E-state index is 14.2. The molecule has 1 aliphatic heterocycles. The molecule has 0 aromatic heterocycles. The first-order chi connectivity index (χ1) is 21.7. The van der Waals surface area contributed by atoms with Crippen LogP contribution in [0.1, 0.15) is 44.9 Å². The minimum absolute atomic E-state index is 0.145. The van der Waals surface area contributed by atoms with E-state index in [0.29, 0.717) is 0 Å². The van der Waals surface area contributed by atoms with Crippen LogP contribution in [0.15, 0.2) is 0 Å². The third kappa shape index (κ3) is 7.18. The Kier molecular flexibility index (Phi) is 11.0. The molecule has 4 fully saturated rings. The Balaban J connectivity index is 1.78. The number of aliphatic hydroxyl groups excluding tert-OH is 11. The van der Waals surface area contributed by atoms with E-state index in [1.54, 1.807) is 0 Å². The maximum absolute atomic E-state index is 14.2. The van der Waals surface area contributed by atoms with Gasteiger partial charge in [0.05, 0.1) is 55.4 Å². The number of nitrogens with zero attached hydrogens (tertiary/aromatic N) is 1. The number of imide groups is 1. The number of nitrogens with one attached hydrogen (secondary N) is 1. The van der Waals surface area contributed by atoms with Crippen LogP contribution in [-0.4, -0.2) is 197 Å². The van der Waals surface area contributed by atoms with Crippen molar-refractivity contribution in [3.8, 4) is 0 Å². The number of rotatable bonds is 6. The van der Waals surface area contributed by atoms with E-state index in [1.165, 1.54) is 0 Å².